The third-order valence-electron chi connectivity index (χ3n) is 3.19. The predicted octanol–water partition coefficient (Wildman–Crippen LogP) is 1.64. The first-order valence-electron chi connectivity index (χ1n) is 5.82. The van der Waals surface area contributed by atoms with Gasteiger partial charge >= 0.3 is 0 Å². The highest BCUT2D eigenvalue weighted by molar-refractivity contribution is 9.10. The zero-order chi connectivity index (χ0) is 14.4. The molecule has 2 rings (SSSR count). The number of hydrogen-bond acceptors (Lipinski definition) is 3. The van der Waals surface area contributed by atoms with Crippen LogP contribution in [0.5, 0.6) is 0 Å². The smallest absolute Gasteiger partial charge is 0.253 e. The summed E-state index contributed by atoms with van der Waals surface area (Å²) in [5, 5.41) is 5.16. The zero-order valence-corrected chi connectivity index (χ0v) is 13.1. The van der Waals surface area contributed by atoms with Crippen LogP contribution in [0.4, 0.5) is 0 Å². The van der Waals surface area contributed by atoms with Gasteiger partial charge in [-0.2, -0.15) is 0 Å². The number of carbonyl (C=O) groups is 1. The Morgan fingerprint density at radius 1 is 1.42 bits per heavy atom. The average Bonchev–Trinajstić information content (AvgIpc) is 3.13. The SMILES string of the molecule is Cc1cc(C(=O)N(C)C2CC2)cc(S(N)(=O)=O)c1Br. The molecule has 19 heavy (non-hydrogen) atoms. The maximum Gasteiger partial charge on any atom is 0.253 e. The zero-order valence-electron chi connectivity index (χ0n) is 10.7. The maximum atomic E-state index is 12.2. The molecule has 1 aromatic rings. The summed E-state index contributed by atoms with van der Waals surface area (Å²) < 4.78 is 23.4. The molecule has 0 atom stereocenters. The van der Waals surface area contributed by atoms with Crippen LogP contribution in [0.3, 0.4) is 0 Å². The molecule has 0 heterocycles. The lowest BCUT2D eigenvalue weighted by molar-refractivity contribution is 0.0784. The molecule has 1 amide bonds. The first-order chi connectivity index (χ1) is 8.71. The van der Waals surface area contributed by atoms with Crippen LogP contribution < -0.4 is 5.14 Å². The van der Waals surface area contributed by atoms with E-state index < -0.39 is 10.0 Å². The highest BCUT2D eigenvalue weighted by Crippen LogP contribution is 2.30. The Labute approximate surface area is 121 Å². The van der Waals surface area contributed by atoms with E-state index in [2.05, 4.69) is 15.9 Å². The van der Waals surface area contributed by atoms with Crippen molar-refractivity contribution in [2.75, 3.05) is 7.05 Å². The van der Waals surface area contributed by atoms with E-state index in [0.717, 1.165) is 12.8 Å². The minimum Gasteiger partial charge on any atom is -0.339 e. The van der Waals surface area contributed by atoms with Crippen LogP contribution in [0, 0.1) is 6.92 Å². The van der Waals surface area contributed by atoms with Crippen LogP contribution in [0.2, 0.25) is 0 Å². The van der Waals surface area contributed by atoms with Gasteiger partial charge in [-0.15, -0.1) is 0 Å². The molecule has 1 aromatic carbocycles. The minimum atomic E-state index is -3.86. The Hall–Kier alpha value is -0.920. The topological polar surface area (TPSA) is 80.5 Å². The van der Waals surface area contributed by atoms with E-state index in [0.29, 0.717) is 15.6 Å². The summed E-state index contributed by atoms with van der Waals surface area (Å²) in [5.41, 5.74) is 1.01. The Morgan fingerprint density at radius 3 is 2.47 bits per heavy atom. The molecule has 2 N–H and O–H groups in total. The third-order valence-corrected chi connectivity index (χ3v) is 5.44. The molecular formula is C12H15BrN2O3S. The molecule has 1 aliphatic rings. The number of nitrogens with two attached hydrogens (primary N) is 1. The molecular weight excluding hydrogens is 332 g/mol. The van der Waals surface area contributed by atoms with Gasteiger partial charge in [0.25, 0.3) is 5.91 Å². The summed E-state index contributed by atoms with van der Waals surface area (Å²) in [5.74, 6) is -0.178. The third kappa shape index (κ3) is 2.98. The largest absolute Gasteiger partial charge is 0.339 e. The van der Waals surface area contributed by atoms with E-state index in [1.165, 1.54) is 6.07 Å². The number of nitrogens with zero attached hydrogens (tertiary/aromatic N) is 1. The minimum absolute atomic E-state index is 0.0555. The van der Waals surface area contributed by atoms with Crippen LogP contribution in [0.1, 0.15) is 28.8 Å². The number of rotatable bonds is 3. The Bertz CT molecular complexity index is 639. The first-order valence-corrected chi connectivity index (χ1v) is 8.16. The highest BCUT2D eigenvalue weighted by atomic mass is 79.9. The van der Waals surface area contributed by atoms with Gasteiger partial charge < -0.3 is 4.90 Å². The van der Waals surface area contributed by atoms with Gasteiger partial charge in [0.05, 0.1) is 4.90 Å². The quantitative estimate of drug-likeness (QED) is 0.903. The normalized spacial score (nSPS) is 15.4. The summed E-state index contributed by atoms with van der Waals surface area (Å²) in [6, 6.07) is 3.27. The molecule has 0 unspecified atom stereocenters. The van der Waals surface area contributed by atoms with Crippen molar-refractivity contribution >= 4 is 31.9 Å². The monoisotopic (exact) mass is 346 g/mol. The van der Waals surface area contributed by atoms with Gasteiger partial charge in [-0.3, -0.25) is 4.79 Å². The maximum absolute atomic E-state index is 12.2. The molecule has 0 spiro atoms. The predicted molar refractivity (Wildman–Crippen MR) is 75.4 cm³/mol. The lowest BCUT2D eigenvalue weighted by Gasteiger charge is -2.17. The summed E-state index contributed by atoms with van der Waals surface area (Å²) in [4.78, 5) is 13.8. The first kappa shape index (κ1) is 14.5. The Balaban J connectivity index is 2.47. The van der Waals surface area contributed by atoms with Crippen molar-refractivity contribution in [1.29, 1.82) is 0 Å². The molecule has 0 bridgehead atoms. The molecule has 0 aliphatic heterocycles. The second-order valence-corrected chi connectivity index (χ2v) is 7.12. The fourth-order valence-electron chi connectivity index (χ4n) is 1.90. The molecule has 0 aromatic heterocycles. The second-order valence-electron chi connectivity index (χ2n) is 4.80. The van der Waals surface area contributed by atoms with Crippen molar-refractivity contribution in [3.05, 3.63) is 27.7 Å². The molecule has 7 heteroatoms. The average molecular weight is 347 g/mol. The number of aryl methyl sites for hydroxylation is 1. The van der Waals surface area contributed by atoms with Gasteiger partial charge in [0.1, 0.15) is 0 Å². The fraction of sp³-hybridized carbons (Fsp3) is 0.417. The number of carbonyl (C=O) groups excluding carboxylic acids is 1. The number of primary sulfonamides is 1. The fourth-order valence-corrected chi connectivity index (χ4v) is 3.51. The van der Waals surface area contributed by atoms with Crippen molar-refractivity contribution in [2.45, 2.75) is 30.7 Å². The number of benzene rings is 1. The molecule has 1 fully saturated rings. The summed E-state index contributed by atoms with van der Waals surface area (Å²) >= 11 is 3.19. The van der Waals surface area contributed by atoms with E-state index in [-0.39, 0.29) is 16.8 Å². The van der Waals surface area contributed by atoms with Gasteiger partial charge in [-0.25, -0.2) is 13.6 Å². The second kappa shape index (κ2) is 4.88. The van der Waals surface area contributed by atoms with Crippen LogP contribution in [-0.4, -0.2) is 32.3 Å². The van der Waals surface area contributed by atoms with Crippen molar-refractivity contribution in [2.24, 2.45) is 5.14 Å². The van der Waals surface area contributed by atoms with Gasteiger partial charge in [0, 0.05) is 23.1 Å². The van der Waals surface area contributed by atoms with Gasteiger partial charge in [0.15, 0.2) is 0 Å². The molecule has 1 saturated carbocycles. The number of hydrogen-bond donors (Lipinski definition) is 1. The highest BCUT2D eigenvalue weighted by Gasteiger charge is 2.30. The Morgan fingerprint density at radius 2 is 2.00 bits per heavy atom. The van der Waals surface area contributed by atoms with E-state index in [1.807, 2.05) is 0 Å². The van der Waals surface area contributed by atoms with Crippen LogP contribution in [-0.2, 0) is 10.0 Å². The molecule has 1 aliphatic carbocycles. The van der Waals surface area contributed by atoms with Crippen LogP contribution in [0.25, 0.3) is 0 Å². The summed E-state index contributed by atoms with van der Waals surface area (Å²) in [7, 11) is -2.13. The molecule has 5 nitrogen and oxygen atoms in total. The van der Waals surface area contributed by atoms with E-state index in [9.17, 15) is 13.2 Å². The number of halogens is 1. The molecule has 104 valence electrons. The lowest BCUT2D eigenvalue weighted by Crippen LogP contribution is -2.29. The lowest BCUT2D eigenvalue weighted by atomic mass is 10.1. The Kier molecular flexibility index (Phi) is 3.72. The van der Waals surface area contributed by atoms with E-state index in [1.54, 1.807) is 24.9 Å². The molecule has 0 radical (unpaired) electrons. The van der Waals surface area contributed by atoms with Gasteiger partial charge in [0.2, 0.25) is 10.0 Å². The van der Waals surface area contributed by atoms with Crippen molar-refractivity contribution in [3.8, 4) is 0 Å². The summed E-state index contributed by atoms with van der Waals surface area (Å²) in [6.07, 6.45) is 2.00. The van der Waals surface area contributed by atoms with Crippen LogP contribution in [0.15, 0.2) is 21.5 Å². The van der Waals surface area contributed by atoms with Crippen molar-refractivity contribution in [3.63, 3.8) is 0 Å². The van der Waals surface area contributed by atoms with E-state index >= 15 is 0 Å². The van der Waals surface area contributed by atoms with E-state index in [4.69, 9.17) is 5.14 Å². The number of sulfonamides is 1. The van der Waals surface area contributed by atoms with Crippen molar-refractivity contribution in [1.82, 2.24) is 4.90 Å². The van der Waals surface area contributed by atoms with Crippen LogP contribution >= 0.6 is 15.9 Å². The standard InChI is InChI=1S/C12H15BrN2O3S/c1-7-5-8(12(16)15(2)9-3-4-9)6-10(11(7)13)19(14,17)18/h5-6,9H,3-4H2,1-2H3,(H2,14,17,18). The van der Waals surface area contributed by atoms with Crippen molar-refractivity contribution < 1.29 is 13.2 Å². The molecule has 0 saturated heterocycles. The summed E-state index contributed by atoms with van der Waals surface area (Å²) in [6.45, 7) is 1.73. The van der Waals surface area contributed by atoms with Gasteiger partial charge in [-0.1, -0.05) is 0 Å². The number of amides is 1. The van der Waals surface area contributed by atoms with Gasteiger partial charge in [-0.05, 0) is 53.4 Å².